The Morgan fingerprint density at radius 2 is 1.54 bits per heavy atom. The molecule has 1 atom stereocenters. The topological polar surface area (TPSA) is 86.8 Å². The van der Waals surface area contributed by atoms with Crippen LogP contribution in [0.5, 0.6) is 0 Å². The number of carbonyl (C=O) groups excluding carboxylic acids is 2. The first kappa shape index (κ1) is 27.9. The van der Waals surface area contributed by atoms with Crippen molar-refractivity contribution in [3.8, 4) is 0 Å². The predicted octanol–water partition coefficient (Wildman–Crippen LogP) is 3.76. The molecule has 2 amide bonds. The first-order valence-corrected chi connectivity index (χ1v) is 14.0. The van der Waals surface area contributed by atoms with Crippen molar-refractivity contribution in [3.05, 3.63) is 101 Å². The second kappa shape index (κ2) is 12.1. The summed E-state index contributed by atoms with van der Waals surface area (Å²) in [5.74, 6) is -0.778. The number of likely N-dealkylation sites (N-methyl/N-ethyl adjacent to an activating group) is 1. The molecule has 37 heavy (non-hydrogen) atoms. The van der Waals surface area contributed by atoms with E-state index < -0.39 is 28.5 Å². The van der Waals surface area contributed by atoms with Crippen molar-refractivity contribution < 1.29 is 18.0 Å². The van der Waals surface area contributed by atoms with E-state index in [0.29, 0.717) is 12.1 Å². The van der Waals surface area contributed by atoms with Gasteiger partial charge in [-0.25, -0.2) is 8.42 Å². The zero-order chi connectivity index (χ0) is 27.2. The number of hydrogen-bond donors (Lipinski definition) is 1. The number of sulfonamides is 1. The predicted molar refractivity (Wildman–Crippen MR) is 148 cm³/mol. The highest BCUT2D eigenvalue weighted by molar-refractivity contribution is 7.92. The SMILES string of the molecule is CNC(=O)C(Cc1ccccc1)N(Cc1cccc(C)c1)C(=O)CN(c1cccc(C)c1C)S(C)(=O)=O. The fourth-order valence-corrected chi connectivity index (χ4v) is 5.23. The highest BCUT2D eigenvalue weighted by Crippen LogP contribution is 2.26. The Labute approximate surface area is 220 Å². The lowest BCUT2D eigenvalue weighted by molar-refractivity contribution is -0.139. The first-order valence-electron chi connectivity index (χ1n) is 12.2. The summed E-state index contributed by atoms with van der Waals surface area (Å²) >= 11 is 0. The van der Waals surface area contributed by atoms with Gasteiger partial charge in [0.2, 0.25) is 21.8 Å². The summed E-state index contributed by atoms with van der Waals surface area (Å²) in [6.45, 7) is 5.43. The summed E-state index contributed by atoms with van der Waals surface area (Å²) in [6, 6.07) is 21.7. The molecule has 0 radical (unpaired) electrons. The molecule has 3 aromatic carbocycles. The number of nitrogens with one attached hydrogen (secondary N) is 1. The van der Waals surface area contributed by atoms with Crippen LogP contribution in [0.4, 0.5) is 5.69 Å². The van der Waals surface area contributed by atoms with Crippen molar-refractivity contribution in [1.82, 2.24) is 10.2 Å². The van der Waals surface area contributed by atoms with Crippen molar-refractivity contribution in [2.45, 2.75) is 39.8 Å². The molecule has 196 valence electrons. The van der Waals surface area contributed by atoms with Crippen molar-refractivity contribution in [3.63, 3.8) is 0 Å². The summed E-state index contributed by atoms with van der Waals surface area (Å²) in [5, 5.41) is 2.68. The van der Waals surface area contributed by atoms with Gasteiger partial charge in [-0.2, -0.15) is 0 Å². The van der Waals surface area contributed by atoms with E-state index in [2.05, 4.69) is 5.32 Å². The molecule has 8 heteroatoms. The quantitative estimate of drug-likeness (QED) is 0.440. The van der Waals surface area contributed by atoms with Crippen LogP contribution >= 0.6 is 0 Å². The fraction of sp³-hybridized carbons (Fsp3) is 0.310. The van der Waals surface area contributed by atoms with Gasteiger partial charge in [-0.15, -0.1) is 0 Å². The van der Waals surface area contributed by atoms with Gasteiger partial charge >= 0.3 is 0 Å². The molecule has 0 saturated carbocycles. The number of anilines is 1. The Bertz CT molecular complexity index is 1360. The van der Waals surface area contributed by atoms with E-state index in [-0.39, 0.29) is 12.5 Å². The molecule has 0 aliphatic carbocycles. The first-order chi connectivity index (χ1) is 17.5. The largest absolute Gasteiger partial charge is 0.357 e. The monoisotopic (exact) mass is 521 g/mol. The Morgan fingerprint density at radius 1 is 0.892 bits per heavy atom. The van der Waals surface area contributed by atoms with Crippen molar-refractivity contribution >= 4 is 27.5 Å². The van der Waals surface area contributed by atoms with Gasteiger partial charge in [-0.1, -0.05) is 72.3 Å². The van der Waals surface area contributed by atoms with Crippen molar-refractivity contribution in [2.24, 2.45) is 0 Å². The maximum absolute atomic E-state index is 14.0. The minimum atomic E-state index is -3.79. The number of benzene rings is 3. The highest BCUT2D eigenvalue weighted by Gasteiger charge is 2.33. The molecule has 1 unspecified atom stereocenters. The Kier molecular flexibility index (Phi) is 9.10. The number of nitrogens with zero attached hydrogens (tertiary/aromatic N) is 2. The average molecular weight is 522 g/mol. The van der Waals surface area contributed by atoms with Crippen LogP contribution in [0.15, 0.2) is 72.8 Å². The van der Waals surface area contributed by atoms with Crippen LogP contribution in [0.3, 0.4) is 0 Å². The van der Waals surface area contributed by atoms with E-state index in [1.165, 1.54) is 11.9 Å². The van der Waals surface area contributed by atoms with Crippen LogP contribution in [0.1, 0.15) is 27.8 Å². The maximum Gasteiger partial charge on any atom is 0.244 e. The maximum atomic E-state index is 14.0. The van der Waals surface area contributed by atoms with Crippen molar-refractivity contribution in [2.75, 3.05) is 24.2 Å². The van der Waals surface area contributed by atoms with Gasteiger partial charge < -0.3 is 10.2 Å². The van der Waals surface area contributed by atoms with Gasteiger partial charge in [-0.3, -0.25) is 13.9 Å². The molecule has 3 rings (SSSR count). The fourth-order valence-electron chi connectivity index (χ4n) is 4.33. The molecule has 0 bridgehead atoms. The van der Waals surface area contributed by atoms with Crippen LogP contribution in [0.2, 0.25) is 0 Å². The summed E-state index contributed by atoms with van der Waals surface area (Å²) < 4.78 is 26.9. The molecular weight excluding hydrogens is 486 g/mol. The number of carbonyl (C=O) groups is 2. The number of hydrogen-bond acceptors (Lipinski definition) is 4. The van der Waals surface area contributed by atoms with Gasteiger partial charge in [0, 0.05) is 20.0 Å². The van der Waals surface area contributed by atoms with Crippen LogP contribution < -0.4 is 9.62 Å². The van der Waals surface area contributed by atoms with Crippen LogP contribution in [-0.4, -0.2) is 51.0 Å². The molecule has 0 aromatic heterocycles. The second-order valence-electron chi connectivity index (χ2n) is 9.32. The summed E-state index contributed by atoms with van der Waals surface area (Å²) in [5.41, 5.74) is 4.92. The molecule has 0 fully saturated rings. The molecule has 0 aliphatic heterocycles. The van der Waals surface area contributed by atoms with Gasteiger partial charge in [0.25, 0.3) is 0 Å². The zero-order valence-electron chi connectivity index (χ0n) is 22.1. The average Bonchev–Trinajstić information content (AvgIpc) is 2.86. The van der Waals surface area contributed by atoms with Crippen LogP contribution in [0, 0.1) is 20.8 Å². The normalized spacial score (nSPS) is 12.0. The molecule has 0 aliphatic rings. The third-order valence-corrected chi connectivity index (χ3v) is 7.60. The Morgan fingerprint density at radius 3 is 2.16 bits per heavy atom. The van der Waals surface area contributed by atoms with E-state index in [1.807, 2.05) is 81.4 Å². The lowest BCUT2D eigenvalue weighted by Crippen LogP contribution is -2.53. The molecule has 1 N–H and O–H groups in total. The van der Waals surface area contributed by atoms with Gasteiger partial charge in [0.05, 0.1) is 11.9 Å². The van der Waals surface area contributed by atoms with Gasteiger partial charge in [-0.05, 0) is 49.1 Å². The van der Waals surface area contributed by atoms with Crippen LogP contribution in [-0.2, 0) is 32.6 Å². The van der Waals surface area contributed by atoms with Crippen molar-refractivity contribution in [1.29, 1.82) is 0 Å². The smallest absolute Gasteiger partial charge is 0.244 e. The van der Waals surface area contributed by atoms with E-state index in [0.717, 1.165) is 38.4 Å². The molecule has 0 spiro atoms. The van der Waals surface area contributed by atoms with E-state index in [4.69, 9.17) is 0 Å². The lowest BCUT2D eigenvalue weighted by atomic mass is 10.0. The molecule has 3 aromatic rings. The second-order valence-corrected chi connectivity index (χ2v) is 11.2. The van der Waals surface area contributed by atoms with E-state index in [1.54, 1.807) is 12.1 Å². The number of amides is 2. The standard InChI is InChI=1S/C29H35N3O4S/c1-21-11-9-15-25(17-21)19-31(27(29(34)30-4)18-24-13-7-6-8-14-24)28(33)20-32(37(5,35)36)26-16-10-12-22(2)23(26)3/h6-17,27H,18-20H2,1-5H3,(H,30,34). The van der Waals surface area contributed by atoms with Gasteiger partial charge in [0.1, 0.15) is 12.6 Å². The van der Waals surface area contributed by atoms with E-state index in [9.17, 15) is 18.0 Å². The number of aryl methyl sites for hydroxylation is 2. The highest BCUT2D eigenvalue weighted by atomic mass is 32.2. The molecule has 7 nitrogen and oxygen atoms in total. The van der Waals surface area contributed by atoms with Crippen LogP contribution in [0.25, 0.3) is 0 Å². The third-order valence-electron chi connectivity index (χ3n) is 6.48. The molecule has 0 saturated heterocycles. The van der Waals surface area contributed by atoms with E-state index >= 15 is 0 Å². The Hall–Kier alpha value is -3.65. The molecule has 0 heterocycles. The molecular formula is C29H35N3O4S. The summed E-state index contributed by atoms with van der Waals surface area (Å²) in [4.78, 5) is 28.6. The Balaban J connectivity index is 2.06. The minimum Gasteiger partial charge on any atom is -0.357 e. The summed E-state index contributed by atoms with van der Waals surface area (Å²) in [6.07, 6.45) is 1.38. The number of rotatable bonds is 10. The lowest BCUT2D eigenvalue weighted by Gasteiger charge is -2.33. The zero-order valence-corrected chi connectivity index (χ0v) is 22.9. The summed E-state index contributed by atoms with van der Waals surface area (Å²) in [7, 11) is -2.25. The van der Waals surface area contributed by atoms with Gasteiger partial charge in [0.15, 0.2) is 0 Å². The third kappa shape index (κ3) is 7.20. The minimum absolute atomic E-state index is 0.163.